The molecule has 1 aromatic heterocycles. The fourth-order valence-electron chi connectivity index (χ4n) is 1.35. The summed E-state index contributed by atoms with van der Waals surface area (Å²) in [5, 5.41) is 11.4. The highest BCUT2D eigenvalue weighted by Gasteiger charge is 2.10. The van der Waals surface area contributed by atoms with Crippen molar-refractivity contribution >= 4 is 27.8 Å². The molecule has 0 saturated carbocycles. The molecule has 1 rings (SSSR count). The van der Waals surface area contributed by atoms with Gasteiger partial charge in [-0.2, -0.15) is 0 Å². The number of nitrogens with zero attached hydrogens (tertiary/aromatic N) is 1. The standard InChI is InChI=1S/C12H15BrN2O3/c1-8(12(17)18)3-2-6-14-11(16)9-4-5-10(13)15-7-9/h4-5,7-8H,2-3,6H2,1H3,(H,14,16)(H,17,18). The topological polar surface area (TPSA) is 79.3 Å². The van der Waals surface area contributed by atoms with E-state index in [-0.39, 0.29) is 11.8 Å². The third-order valence-corrected chi connectivity index (χ3v) is 2.98. The van der Waals surface area contributed by atoms with Crippen LogP contribution in [0.4, 0.5) is 0 Å². The SMILES string of the molecule is CC(CCCNC(=O)c1ccc(Br)nc1)C(=O)O. The van der Waals surface area contributed by atoms with Gasteiger partial charge in [0.25, 0.3) is 5.91 Å². The Morgan fingerprint density at radius 3 is 2.78 bits per heavy atom. The van der Waals surface area contributed by atoms with Gasteiger partial charge in [0.2, 0.25) is 0 Å². The molecule has 18 heavy (non-hydrogen) atoms. The number of carbonyl (C=O) groups is 2. The summed E-state index contributed by atoms with van der Waals surface area (Å²) in [5.41, 5.74) is 0.490. The average Bonchev–Trinajstić information content (AvgIpc) is 2.34. The van der Waals surface area contributed by atoms with Gasteiger partial charge in [0.15, 0.2) is 0 Å². The van der Waals surface area contributed by atoms with Crippen LogP contribution in [-0.2, 0) is 4.79 Å². The van der Waals surface area contributed by atoms with E-state index < -0.39 is 5.97 Å². The number of pyridine rings is 1. The molecule has 98 valence electrons. The fourth-order valence-corrected chi connectivity index (χ4v) is 1.58. The summed E-state index contributed by atoms with van der Waals surface area (Å²) in [4.78, 5) is 26.2. The zero-order valence-corrected chi connectivity index (χ0v) is 11.6. The molecule has 0 saturated heterocycles. The van der Waals surface area contributed by atoms with Gasteiger partial charge in [-0.25, -0.2) is 4.98 Å². The van der Waals surface area contributed by atoms with Crippen molar-refractivity contribution < 1.29 is 14.7 Å². The molecule has 1 aromatic rings. The van der Waals surface area contributed by atoms with E-state index in [1.807, 2.05) is 0 Å². The molecule has 0 aliphatic rings. The second kappa shape index (κ2) is 7.10. The minimum Gasteiger partial charge on any atom is -0.481 e. The van der Waals surface area contributed by atoms with Crippen LogP contribution < -0.4 is 5.32 Å². The normalized spacial score (nSPS) is 11.9. The van der Waals surface area contributed by atoms with Gasteiger partial charge in [0.1, 0.15) is 4.60 Å². The van der Waals surface area contributed by atoms with Crippen LogP contribution in [0, 0.1) is 5.92 Å². The summed E-state index contributed by atoms with van der Waals surface area (Å²) in [6, 6.07) is 3.37. The molecule has 1 unspecified atom stereocenters. The Morgan fingerprint density at radius 1 is 1.50 bits per heavy atom. The highest BCUT2D eigenvalue weighted by molar-refractivity contribution is 9.10. The molecule has 0 aliphatic carbocycles. The monoisotopic (exact) mass is 314 g/mol. The molecule has 0 aromatic carbocycles. The second-order valence-corrected chi connectivity index (χ2v) is 4.82. The van der Waals surface area contributed by atoms with Gasteiger partial charge in [-0.1, -0.05) is 6.92 Å². The second-order valence-electron chi connectivity index (χ2n) is 4.01. The summed E-state index contributed by atoms with van der Waals surface area (Å²) in [6.45, 7) is 2.12. The van der Waals surface area contributed by atoms with Crippen molar-refractivity contribution in [2.75, 3.05) is 6.54 Å². The summed E-state index contributed by atoms with van der Waals surface area (Å²) >= 11 is 3.19. The predicted molar refractivity (Wildman–Crippen MR) is 70.3 cm³/mol. The van der Waals surface area contributed by atoms with E-state index >= 15 is 0 Å². The van der Waals surface area contributed by atoms with E-state index in [4.69, 9.17) is 5.11 Å². The Bertz CT molecular complexity index is 420. The molecule has 5 nitrogen and oxygen atoms in total. The third kappa shape index (κ3) is 4.83. The average molecular weight is 315 g/mol. The Hall–Kier alpha value is -1.43. The number of halogens is 1. The van der Waals surface area contributed by atoms with Gasteiger partial charge < -0.3 is 10.4 Å². The van der Waals surface area contributed by atoms with E-state index in [1.54, 1.807) is 19.1 Å². The first-order valence-electron chi connectivity index (χ1n) is 5.63. The summed E-state index contributed by atoms with van der Waals surface area (Å²) in [5.74, 6) is -1.38. The lowest BCUT2D eigenvalue weighted by molar-refractivity contribution is -0.141. The molecule has 0 radical (unpaired) electrons. The van der Waals surface area contributed by atoms with E-state index in [9.17, 15) is 9.59 Å². The van der Waals surface area contributed by atoms with Gasteiger partial charge in [0.05, 0.1) is 11.5 Å². The quantitative estimate of drug-likeness (QED) is 0.622. The number of carboxylic acid groups (broad SMARTS) is 1. The number of hydrogen-bond acceptors (Lipinski definition) is 3. The number of carbonyl (C=O) groups excluding carboxylic acids is 1. The van der Waals surface area contributed by atoms with Gasteiger partial charge in [-0.05, 0) is 40.9 Å². The van der Waals surface area contributed by atoms with Crippen molar-refractivity contribution in [1.82, 2.24) is 10.3 Å². The lowest BCUT2D eigenvalue weighted by atomic mass is 10.1. The van der Waals surface area contributed by atoms with Crippen LogP contribution in [0.1, 0.15) is 30.1 Å². The lowest BCUT2D eigenvalue weighted by Crippen LogP contribution is -2.25. The number of carboxylic acids is 1. The minimum absolute atomic E-state index is 0.196. The van der Waals surface area contributed by atoms with E-state index in [2.05, 4.69) is 26.2 Å². The first-order chi connectivity index (χ1) is 8.50. The first-order valence-corrected chi connectivity index (χ1v) is 6.42. The summed E-state index contributed by atoms with van der Waals surface area (Å²) in [7, 11) is 0. The summed E-state index contributed by atoms with van der Waals surface area (Å²) in [6.07, 6.45) is 2.68. The molecule has 0 fully saturated rings. The maximum Gasteiger partial charge on any atom is 0.306 e. The van der Waals surface area contributed by atoms with Crippen LogP contribution in [0.3, 0.4) is 0 Å². The molecule has 1 atom stereocenters. The van der Waals surface area contributed by atoms with Crippen LogP contribution in [0.2, 0.25) is 0 Å². The van der Waals surface area contributed by atoms with Crippen molar-refractivity contribution in [2.24, 2.45) is 5.92 Å². The smallest absolute Gasteiger partial charge is 0.306 e. The molecular weight excluding hydrogens is 300 g/mol. The Kier molecular flexibility index (Phi) is 5.77. The van der Waals surface area contributed by atoms with Crippen LogP contribution in [0.5, 0.6) is 0 Å². The number of rotatable bonds is 6. The number of nitrogens with one attached hydrogen (secondary N) is 1. The number of amides is 1. The molecule has 2 N–H and O–H groups in total. The molecule has 1 amide bonds. The van der Waals surface area contributed by atoms with Gasteiger partial charge in [-0.15, -0.1) is 0 Å². The molecule has 0 spiro atoms. The number of aromatic nitrogens is 1. The maximum atomic E-state index is 11.7. The van der Waals surface area contributed by atoms with Gasteiger partial charge in [0, 0.05) is 12.7 Å². The minimum atomic E-state index is -0.807. The van der Waals surface area contributed by atoms with Crippen molar-refractivity contribution in [3.05, 3.63) is 28.5 Å². The van der Waals surface area contributed by atoms with Crippen LogP contribution in [-0.4, -0.2) is 28.5 Å². The molecule has 1 heterocycles. The largest absolute Gasteiger partial charge is 0.481 e. The Balaban J connectivity index is 2.29. The number of aliphatic carboxylic acids is 1. The fraction of sp³-hybridized carbons (Fsp3) is 0.417. The van der Waals surface area contributed by atoms with Crippen molar-refractivity contribution in [2.45, 2.75) is 19.8 Å². The predicted octanol–water partition coefficient (Wildman–Crippen LogP) is 2.07. The molecule has 0 aliphatic heterocycles. The Morgan fingerprint density at radius 2 is 2.22 bits per heavy atom. The molecule has 0 bridgehead atoms. The van der Waals surface area contributed by atoms with E-state index in [0.717, 1.165) is 0 Å². The summed E-state index contributed by atoms with van der Waals surface area (Å²) < 4.78 is 0.675. The third-order valence-electron chi connectivity index (χ3n) is 2.51. The maximum absolute atomic E-state index is 11.7. The van der Waals surface area contributed by atoms with Crippen molar-refractivity contribution in [3.8, 4) is 0 Å². The van der Waals surface area contributed by atoms with E-state index in [1.165, 1.54) is 6.20 Å². The van der Waals surface area contributed by atoms with Crippen LogP contribution >= 0.6 is 15.9 Å². The highest BCUT2D eigenvalue weighted by Crippen LogP contribution is 2.07. The molecule has 6 heteroatoms. The first kappa shape index (κ1) is 14.6. The van der Waals surface area contributed by atoms with Gasteiger partial charge >= 0.3 is 5.97 Å². The van der Waals surface area contributed by atoms with Crippen molar-refractivity contribution in [3.63, 3.8) is 0 Å². The van der Waals surface area contributed by atoms with Crippen molar-refractivity contribution in [1.29, 1.82) is 0 Å². The lowest BCUT2D eigenvalue weighted by Gasteiger charge is -2.07. The van der Waals surface area contributed by atoms with Crippen LogP contribution in [0.15, 0.2) is 22.9 Å². The molecular formula is C12H15BrN2O3. The number of hydrogen-bond donors (Lipinski definition) is 2. The van der Waals surface area contributed by atoms with Crippen LogP contribution in [0.25, 0.3) is 0 Å². The Labute approximate surface area is 114 Å². The highest BCUT2D eigenvalue weighted by atomic mass is 79.9. The van der Waals surface area contributed by atoms with Gasteiger partial charge in [-0.3, -0.25) is 9.59 Å². The zero-order chi connectivity index (χ0) is 13.5. The van der Waals surface area contributed by atoms with E-state index in [0.29, 0.717) is 29.6 Å². The zero-order valence-electron chi connectivity index (χ0n) is 10.0.